The van der Waals surface area contributed by atoms with E-state index in [-0.39, 0.29) is 6.10 Å². The number of aliphatic hydroxyl groups is 1. The Hall–Kier alpha value is -0.120. The van der Waals surface area contributed by atoms with Gasteiger partial charge in [0.05, 0.1) is 6.10 Å². The molecule has 0 aliphatic carbocycles. The first kappa shape index (κ1) is 13.9. The van der Waals surface area contributed by atoms with E-state index in [0.717, 1.165) is 25.4 Å². The molecule has 3 heteroatoms. The normalized spacial score (nSPS) is 24.2. The van der Waals surface area contributed by atoms with Crippen LogP contribution in [0.3, 0.4) is 0 Å². The third-order valence-corrected chi connectivity index (χ3v) is 3.59. The highest BCUT2D eigenvalue weighted by Gasteiger charge is 2.23. The lowest BCUT2D eigenvalue weighted by Gasteiger charge is -2.27. The Bertz CT molecular complexity index is 185. The van der Waals surface area contributed by atoms with Crippen molar-refractivity contribution in [2.24, 2.45) is 0 Å². The van der Waals surface area contributed by atoms with Gasteiger partial charge in [-0.3, -0.25) is 4.90 Å². The van der Waals surface area contributed by atoms with E-state index in [9.17, 15) is 5.11 Å². The van der Waals surface area contributed by atoms with E-state index < -0.39 is 0 Å². The minimum atomic E-state index is -0.146. The molecule has 0 aromatic rings. The summed E-state index contributed by atoms with van der Waals surface area (Å²) in [6.45, 7) is 8.89. The van der Waals surface area contributed by atoms with Gasteiger partial charge in [0.25, 0.3) is 0 Å². The van der Waals surface area contributed by atoms with Crippen molar-refractivity contribution in [1.82, 2.24) is 9.80 Å². The van der Waals surface area contributed by atoms with Crippen LogP contribution in [0.25, 0.3) is 0 Å². The number of likely N-dealkylation sites (tertiary alicyclic amines) is 1. The fraction of sp³-hybridized carbons (Fsp3) is 1.00. The van der Waals surface area contributed by atoms with Crippen LogP contribution < -0.4 is 0 Å². The Morgan fingerprint density at radius 2 is 2.25 bits per heavy atom. The highest BCUT2D eigenvalue weighted by Crippen LogP contribution is 2.17. The molecule has 1 aliphatic heterocycles. The van der Waals surface area contributed by atoms with Crippen molar-refractivity contribution in [3.8, 4) is 0 Å². The third-order valence-electron chi connectivity index (χ3n) is 3.59. The van der Waals surface area contributed by atoms with Gasteiger partial charge in [-0.15, -0.1) is 0 Å². The molecule has 0 aromatic heterocycles. The van der Waals surface area contributed by atoms with Gasteiger partial charge < -0.3 is 10.0 Å². The van der Waals surface area contributed by atoms with E-state index in [0.29, 0.717) is 0 Å². The van der Waals surface area contributed by atoms with Crippen LogP contribution in [0.15, 0.2) is 0 Å². The van der Waals surface area contributed by atoms with E-state index in [1.165, 1.54) is 32.5 Å². The molecule has 1 heterocycles. The van der Waals surface area contributed by atoms with Gasteiger partial charge in [0.1, 0.15) is 0 Å². The van der Waals surface area contributed by atoms with Crippen molar-refractivity contribution < 1.29 is 5.11 Å². The van der Waals surface area contributed by atoms with Crippen molar-refractivity contribution >= 4 is 0 Å². The summed E-state index contributed by atoms with van der Waals surface area (Å²) in [4.78, 5) is 5.01. The van der Waals surface area contributed by atoms with Gasteiger partial charge in [0, 0.05) is 12.6 Å². The molecule has 0 spiro atoms. The maximum absolute atomic E-state index is 9.20. The van der Waals surface area contributed by atoms with Crippen molar-refractivity contribution in [1.29, 1.82) is 0 Å². The van der Waals surface area contributed by atoms with Gasteiger partial charge in [-0.1, -0.05) is 6.92 Å². The molecule has 0 aromatic carbocycles. The van der Waals surface area contributed by atoms with Crippen LogP contribution in [0.5, 0.6) is 0 Å². The summed E-state index contributed by atoms with van der Waals surface area (Å²) >= 11 is 0. The van der Waals surface area contributed by atoms with Crippen LogP contribution in [0.2, 0.25) is 0 Å². The minimum Gasteiger partial charge on any atom is -0.393 e. The summed E-state index contributed by atoms with van der Waals surface area (Å²) in [5, 5.41) is 9.20. The van der Waals surface area contributed by atoms with Gasteiger partial charge in [-0.2, -0.15) is 0 Å². The summed E-state index contributed by atoms with van der Waals surface area (Å²) in [7, 11) is 2.20. The van der Waals surface area contributed by atoms with Gasteiger partial charge in [-0.05, 0) is 59.3 Å². The zero-order valence-electron chi connectivity index (χ0n) is 11.2. The maximum Gasteiger partial charge on any atom is 0.0512 e. The summed E-state index contributed by atoms with van der Waals surface area (Å²) in [5.74, 6) is 0. The molecular weight excluding hydrogens is 200 g/mol. The van der Waals surface area contributed by atoms with Crippen LogP contribution in [0.1, 0.15) is 39.5 Å². The number of aliphatic hydroxyl groups excluding tert-OH is 1. The molecule has 1 saturated heterocycles. The monoisotopic (exact) mass is 228 g/mol. The molecule has 3 nitrogen and oxygen atoms in total. The molecule has 1 N–H and O–H groups in total. The Morgan fingerprint density at radius 3 is 2.88 bits per heavy atom. The lowest BCUT2D eigenvalue weighted by atomic mass is 10.2. The maximum atomic E-state index is 9.20. The quantitative estimate of drug-likeness (QED) is 0.716. The zero-order chi connectivity index (χ0) is 12.0. The third kappa shape index (κ3) is 4.81. The fourth-order valence-corrected chi connectivity index (χ4v) is 2.63. The molecule has 0 bridgehead atoms. The summed E-state index contributed by atoms with van der Waals surface area (Å²) in [6, 6.07) is 0.765. The number of hydrogen-bond acceptors (Lipinski definition) is 3. The number of likely N-dealkylation sites (N-methyl/N-ethyl adjacent to an activating group) is 2. The molecule has 16 heavy (non-hydrogen) atoms. The molecule has 1 rings (SSSR count). The summed E-state index contributed by atoms with van der Waals surface area (Å²) in [5.41, 5.74) is 0. The molecule has 1 aliphatic rings. The van der Waals surface area contributed by atoms with E-state index in [1.807, 2.05) is 6.92 Å². The number of hydrogen-bond donors (Lipinski definition) is 1. The summed E-state index contributed by atoms with van der Waals surface area (Å²) in [6.07, 6.45) is 4.60. The van der Waals surface area contributed by atoms with Gasteiger partial charge >= 0.3 is 0 Å². The van der Waals surface area contributed by atoms with Crippen LogP contribution in [-0.4, -0.2) is 60.3 Å². The molecule has 2 atom stereocenters. The first-order valence-corrected chi connectivity index (χ1v) is 6.74. The molecular formula is C13H28N2O. The van der Waals surface area contributed by atoms with Gasteiger partial charge in [0.2, 0.25) is 0 Å². The molecule has 0 radical (unpaired) electrons. The van der Waals surface area contributed by atoms with Crippen LogP contribution in [-0.2, 0) is 0 Å². The molecule has 2 unspecified atom stereocenters. The standard InChI is InChI=1S/C13H28N2O/c1-4-15-10-6-8-13(15)11-14(3)9-5-7-12(2)16/h12-13,16H,4-11H2,1-3H3. The van der Waals surface area contributed by atoms with Crippen LogP contribution in [0, 0.1) is 0 Å². The topological polar surface area (TPSA) is 26.7 Å². The second-order valence-corrected chi connectivity index (χ2v) is 5.18. The fourth-order valence-electron chi connectivity index (χ4n) is 2.63. The largest absolute Gasteiger partial charge is 0.393 e. The predicted octanol–water partition coefficient (Wildman–Crippen LogP) is 1.56. The molecule has 0 saturated carbocycles. The second-order valence-electron chi connectivity index (χ2n) is 5.18. The van der Waals surface area contributed by atoms with Crippen molar-refractivity contribution in [2.75, 3.05) is 33.2 Å². The lowest BCUT2D eigenvalue weighted by Crippen LogP contribution is -2.39. The number of rotatable bonds is 7. The van der Waals surface area contributed by atoms with Crippen molar-refractivity contribution in [3.63, 3.8) is 0 Å². The van der Waals surface area contributed by atoms with Crippen LogP contribution >= 0.6 is 0 Å². The summed E-state index contributed by atoms with van der Waals surface area (Å²) < 4.78 is 0. The van der Waals surface area contributed by atoms with Crippen molar-refractivity contribution in [3.05, 3.63) is 0 Å². The Labute approximate surface area is 100 Å². The highest BCUT2D eigenvalue weighted by molar-refractivity contribution is 4.80. The minimum absolute atomic E-state index is 0.146. The van der Waals surface area contributed by atoms with Crippen molar-refractivity contribution in [2.45, 2.75) is 51.7 Å². The second kappa shape index (κ2) is 7.25. The Kier molecular flexibility index (Phi) is 6.32. The zero-order valence-corrected chi connectivity index (χ0v) is 11.2. The van der Waals surface area contributed by atoms with Crippen LogP contribution in [0.4, 0.5) is 0 Å². The molecule has 96 valence electrons. The first-order valence-electron chi connectivity index (χ1n) is 6.74. The smallest absolute Gasteiger partial charge is 0.0512 e. The number of nitrogens with zero attached hydrogens (tertiary/aromatic N) is 2. The van der Waals surface area contributed by atoms with E-state index in [4.69, 9.17) is 0 Å². The lowest BCUT2D eigenvalue weighted by molar-refractivity contribution is 0.164. The highest BCUT2D eigenvalue weighted by atomic mass is 16.3. The average Bonchev–Trinajstić information content (AvgIpc) is 2.64. The van der Waals surface area contributed by atoms with E-state index >= 15 is 0 Å². The first-order chi connectivity index (χ1) is 7.63. The van der Waals surface area contributed by atoms with Gasteiger partial charge in [0.15, 0.2) is 0 Å². The molecule has 0 amide bonds. The Balaban J connectivity index is 2.15. The SMILES string of the molecule is CCN1CCCC1CN(C)CCCC(C)O. The predicted molar refractivity (Wildman–Crippen MR) is 68.7 cm³/mol. The Morgan fingerprint density at radius 1 is 1.50 bits per heavy atom. The van der Waals surface area contributed by atoms with E-state index in [1.54, 1.807) is 0 Å². The molecule has 1 fully saturated rings. The average molecular weight is 228 g/mol. The van der Waals surface area contributed by atoms with Gasteiger partial charge in [-0.25, -0.2) is 0 Å². The van der Waals surface area contributed by atoms with E-state index in [2.05, 4.69) is 23.8 Å².